The topological polar surface area (TPSA) is 98.3 Å². The van der Waals surface area contributed by atoms with Gasteiger partial charge in [0.25, 0.3) is 11.6 Å². The molecule has 1 atom stereocenters. The van der Waals surface area contributed by atoms with Gasteiger partial charge in [0.05, 0.1) is 4.92 Å². The number of nitro benzene ring substituents is 1. The molecule has 104 valence electrons. The van der Waals surface area contributed by atoms with Gasteiger partial charge in [0.1, 0.15) is 5.69 Å². The van der Waals surface area contributed by atoms with Gasteiger partial charge in [0.15, 0.2) is 0 Å². The maximum absolute atomic E-state index is 12.0. The second kappa shape index (κ2) is 6.17. The van der Waals surface area contributed by atoms with Crippen LogP contribution in [0.15, 0.2) is 18.2 Å². The number of carbonyl (C=O) groups excluding carboxylic acids is 1. The molecular weight excluding hydrogens is 246 g/mol. The largest absolute Gasteiger partial charge is 0.393 e. The molecule has 1 rings (SSSR count). The Morgan fingerprint density at radius 3 is 2.58 bits per heavy atom. The number of carbonyl (C=O) groups is 1. The summed E-state index contributed by atoms with van der Waals surface area (Å²) in [5, 5.41) is 13.6. The van der Waals surface area contributed by atoms with Crippen LogP contribution in [0.1, 0.15) is 37.6 Å². The van der Waals surface area contributed by atoms with Crippen LogP contribution in [0.3, 0.4) is 0 Å². The number of amides is 1. The molecule has 0 aromatic heterocycles. The number of rotatable bonds is 5. The predicted octanol–water partition coefficient (Wildman–Crippen LogP) is 2.34. The molecule has 3 N–H and O–H groups in total. The van der Waals surface area contributed by atoms with E-state index >= 15 is 0 Å². The van der Waals surface area contributed by atoms with Gasteiger partial charge in [0, 0.05) is 17.7 Å². The van der Waals surface area contributed by atoms with Crippen molar-refractivity contribution in [3.63, 3.8) is 0 Å². The summed E-state index contributed by atoms with van der Waals surface area (Å²) in [5.74, 6) is -0.0126. The SMILES string of the molecule is CCC(NC(=O)c1ccc(N)c([N+](=O)[O-])c1)C(C)C. The average Bonchev–Trinajstić information content (AvgIpc) is 2.35. The first-order valence-electron chi connectivity index (χ1n) is 6.21. The minimum atomic E-state index is -0.591. The van der Waals surface area contributed by atoms with E-state index in [-0.39, 0.29) is 28.9 Å². The second-order valence-corrected chi connectivity index (χ2v) is 4.76. The molecule has 0 aliphatic carbocycles. The number of nitrogens with two attached hydrogens (primary N) is 1. The lowest BCUT2D eigenvalue weighted by Gasteiger charge is -2.20. The lowest BCUT2D eigenvalue weighted by Crippen LogP contribution is -2.38. The van der Waals surface area contributed by atoms with Crippen LogP contribution in [0.4, 0.5) is 11.4 Å². The Kier molecular flexibility index (Phi) is 4.86. The van der Waals surface area contributed by atoms with Crippen LogP contribution >= 0.6 is 0 Å². The number of nitro groups is 1. The molecule has 0 saturated carbocycles. The van der Waals surface area contributed by atoms with Crippen LogP contribution in [-0.2, 0) is 0 Å². The summed E-state index contributed by atoms with van der Waals surface area (Å²) in [6, 6.07) is 4.12. The highest BCUT2D eigenvalue weighted by atomic mass is 16.6. The second-order valence-electron chi connectivity index (χ2n) is 4.76. The van der Waals surface area contributed by atoms with Gasteiger partial charge in [-0.05, 0) is 24.5 Å². The van der Waals surface area contributed by atoms with Crippen LogP contribution in [0, 0.1) is 16.0 Å². The van der Waals surface area contributed by atoms with E-state index in [0.29, 0.717) is 5.92 Å². The normalized spacial score (nSPS) is 12.2. The van der Waals surface area contributed by atoms with Crippen molar-refractivity contribution >= 4 is 17.3 Å². The van der Waals surface area contributed by atoms with Crippen molar-refractivity contribution in [1.82, 2.24) is 5.32 Å². The third-order valence-electron chi connectivity index (χ3n) is 3.05. The molecule has 1 aromatic rings. The fourth-order valence-electron chi connectivity index (χ4n) is 1.83. The van der Waals surface area contributed by atoms with Crippen molar-refractivity contribution in [3.05, 3.63) is 33.9 Å². The number of hydrogen-bond donors (Lipinski definition) is 2. The first kappa shape index (κ1) is 14.9. The number of nitrogens with one attached hydrogen (secondary N) is 1. The van der Waals surface area contributed by atoms with Crippen LogP contribution < -0.4 is 11.1 Å². The Hall–Kier alpha value is -2.11. The zero-order valence-electron chi connectivity index (χ0n) is 11.3. The Morgan fingerprint density at radius 1 is 1.47 bits per heavy atom. The molecule has 0 bridgehead atoms. The standard InChI is InChI=1S/C13H19N3O3/c1-4-11(8(2)3)15-13(17)9-5-6-10(14)12(7-9)16(18)19/h5-8,11H,4,14H2,1-3H3,(H,15,17). The highest BCUT2D eigenvalue weighted by Crippen LogP contribution is 2.22. The highest BCUT2D eigenvalue weighted by molar-refractivity contribution is 5.95. The van der Waals surface area contributed by atoms with Crippen molar-refractivity contribution in [2.45, 2.75) is 33.2 Å². The van der Waals surface area contributed by atoms with Crippen LogP contribution in [0.2, 0.25) is 0 Å². The van der Waals surface area contributed by atoms with Gasteiger partial charge < -0.3 is 11.1 Å². The summed E-state index contributed by atoms with van der Waals surface area (Å²) in [6.45, 7) is 6.01. The number of benzene rings is 1. The van der Waals surface area contributed by atoms with Crippen LogP contribution in [-0.4, -0.2) is 16.9 Å². The monoisotopic (exact) mass is 265 g/mol. The van der Waals surface area contributed by atoms with E-state index in [1.54, 1.807) is 0 Å². The van der Waals surface area contributed by atoms with Gasteiger partial charge >= 0.3 is 0 Å². The number of hydrogen-bond acceptors (Lipinski definition) is 4. The lowest BCUT2D eigenvalue weighted by atomic mass is 10.0. The molecule has 1 aromatic carbocycles. The third kappa shape index (κ3) is 3.67. The van der Waals surface area contributed by atoms with E-state index in [0.717, 1.165) is 6.42 Å². The number of nitrogens with zero attached hydrogens (tertiary/aromatic N) is 1. The van der Waals surface area contributed by atoms with E-state index < -0.39 is 4.92 Å². The molecule has 0 fully saturated rings. The summed E-state index contributed by atoms with van der Waals surface area (Å²) >= 11 is 0. The van der Waals surface area contributed by atoms with Crippen molar-refractivity contribution in [1.29, 1.82) is 0 Å². The van der Waals surface area contributed by atoms with Gasteiger partial charge in [-0.2, -0.15) is 0 Å². The minimum absolute atomic E-state index is 0.0455. The lowest BCUT2D eigenvalue weighted by molar-refractivity contribution is -0.383. The molecule has 6 heteroatoms. The highest BCUT2D eigenvalue weighted by Gasteiger charge is 2.18. The maximum atomic E-state index is 12.0. The van der Waals surface area contributed by atoms with Gasteiger partial charge in [-0.15, -0.1) is 0 Å². The van der Waals surface area contributed by atoms with E-state index in [9.17, 15) is 14.9 Å². The predicted molar refractivity (Wildman–Crippen MR) is 73.9 cm³/mol. The summed E-state index contributed by atoms with van der Waals surface area (Å²) in [6.07, 6.45) is 0.806. The fourth-order valence-corrected chi connectivity index (χ4v) is 1.83. The first-order valence-corrected chi connectivity index (χ1v) is 6.21. The molecule has 19 heavy (non-hydrogen) atoms. The number of nitrogen functional groups attached to an aromatic ring is 1. The van der Waals surface area contributed by atoms with Crippen molar-refractivity contribution in [2.75, 3.05) is 5.73 Å². The molecule has 0 spiro atoms. The van der Waals surface area contributed by atoms with Crippen molar-refractivity contribution in [3.8, 4) is 0 Å². The Balaban J connectivity index is 2.94. The molecular formula is C13H19N3O3. The maximum Gasteiger partial charge on any atom is 0.292 e. The molecule has 0 aliphatic rings. The summed E-state index contributed by atoms with van der Waals surface area (Å²) < 4.78 is 0. The molecule has 1 amide bonds. The molecule has 6 nitrogen and oxygen atoms in total. The average molecular weight is 265 g/mol. The minimum Gasteiger partial charge on any atom is -0.393 e. The summed E-state index contributed by atoms with van der Waals surface area (Å²) in [7, 11) is 0. The van der Waals surface area contributed by atoms with E-state index in [1.807, 2.05) is 20.8 Å². The Labute approximate surface area is 112 Å². The van der Waals surface area contributed by atoms with Crippen LogP contribution in [0.25, 0.3) is 0 Å². The van der Waals surface area contributed by atoms with Crippen molar-refractivity contribution in [2.24, 2.45) is 5.92 Å². The molecule has 0 radical (unpaired) electrons. The van der Waals surface area contributed by atoms with E-state index in [2.05, 4.69) is 5.32 Å². The number of anilines is 1. The van der Waals surface area contributed by atoms with Gasteiger partial charge in [-0.1, -0.05) is 20.8 Å². The Bertz CT molecular complexity index is 486. The zero-order valence-corrected chi connectivity index (χ0v) is 11.3. The Morgan fingerprint density at radius 2 is 2.11 bits per heavy atom. The fraction of sp³-hybridized carbons (Fsp3) is 0.462. The summed E-state index contributed by atoms with van der Waals surface area (Å²) in [5.41, 5.74) is 5.55. The van der Waals surface area contributed by atoms with Gasteiger partial charge in [0.2, 0.25) is 0 Å². The molecule has 0 heterocycles. The molecule has 1 unspecified atom stereocenters. The smallest absolute Gasteiger partial charge is 0.292 e. The third-order valence-corrected chi connectivity index (χ3v) is 3.05. The quantitative estimate of drug-likeness (QED) is 0.485. The molecule has 0 aliphatic heterocycles. The van der Waals surface area contributed by atoms with Crippen molar-refractivity contribution < 1.29 is 9.72 Å². The molecule has 0 saturated heterocycles. The first-order chi connectivity index (χ1) is 8.86. The van der Waals surface area contributed by atoms with E-state index in [1.165, 1.54) is 18.2 Å². The van der Waals surface area contributed by atoms with E-state index in [4.69, 9.17) is 5.73 Å². The summed E-state index contributed by atoms with van der Waals surface area (Å²) in [4.78, 5) is 22.2. The van der Waals surface area contributed by atoms with Gasteiger partial charge in [-0.25, -0.2) is 0 Å². The van der Waals surface area contributed by atoms with Crippen LogP contribution in [0.5, 0.6) is 0 Å². The zero-order chi connectivity index (χ0) is 14.6. The van der Waals surface area contributed by atoms with Gasteiger partial charge in [-0.3, -0.25) is 14.9 Å².